The van der Waals surface area contributed by atoms with Crippen LogP contribution in [0.15, 0.2) is 29.4 Å². The summed E-state index contributed by atoms with van der Waals surface area (Å²) >= 11 is 1.09. The van der Waals surface area contributed by atoms with Gasteiger partial charge in [0.25, 0.3) is 0 Å². The number of pyridine rings is 1. The Balaban J connectivity index is 2.11. The average Bonchev–Trinajstić information content (AvgIpc) is 2.51. The molecular weight excluding hydrogens is 200 g/mol. The number of amides is 2. The van der Waals surface area contributed by atoms with Crippen LogP contribution in [-0.4, -0.2) is 21.1 Å². The summed E-state index contributed by atoms with van der Waals surface area (Å²) in [5.41, 5.74) is 0. The van der Waals surface area contributed by atoms with E-state index in [9.17, 15) is 9.59 Å². The van der Waals surface area contributed by atoms with Crippen molar-refractivity contribution in [1.29, 1.82) is 0 Å². The Labute approximate surface area is 85.4 Å². The Morgan fingerprint density at radius 1 is 1.21 bits per heavy atom. The molecule has 1 aromatic rings. The molecule has 14 heavy (non-hydrogen) atoms. The minimum Gasteiger partial charge on any atom is -0.273 e. The number of hydrogen-bond acceptors (Lipinski definition) is 4. The molecule has 72 valence electrons. The Morgan fingerprint density at radius 3 is 2.50 bits per heavy atom. The summed E-state index contributed by atoms with van der Waals surface area (Å²) in [4.78, 5) is 26.5. The maximum Gasteiger partial charge on any atom is 0.240 e. The maximum atomic E-state index is 11.2. The quantitative estimate of drug-likeness (QED) is 0.542. The summed E-state index contributed by atoms with van der Waals surface area (Å²) in [5, 5.41) is 0.663. The van der Waals surface area contributed by atoms with Gasteiger partial charge in [-0.25, -0.2) is 9.29 Å². The van der Waals surface area contributed by atoms with Gasteiger partial charge in [-0.2, -0.15) is 0 Å². The third-order valence-electron chi connectivity index (χ3n) is 1.83. The molecule has 1 aliphatic heterocycles. The van der Waals surface area contributed by atoms with Crippen molar-refractivity contribution < 1.29 is 9.59 Å². The van der Waals surface area contributed by atoms with E-state index >= 15 is 0 Å². The van der Waals surface area contributed by atoms with Gasteiger partial charge in [0.1, 0.15) is 5.03 Å². The van der Waals surface area contributed by atoms with Crippen LogP contribution >= 0.6 is 11.9 Å². The van der Waals surface area contributed by atoms with Gasteiger partial charge >= 0.3 is 0 Å². The summed E-state index contributed by atoms with van der Waals surface area (Å²) < 4.78 is 1.18. The molecule has 0 atom stereocenters. The monoisotopic (exact) mass is 208 g/mol. The molecule has 2 amide bonds. The molecule has 1 fully saturated rings. The number of hydrogen-bond donors (Lipinski definition) is 0. The minimum absolute atomic E-state index is 0.134. The highest BCUT2D eigenvalue weighted by atomic mass is 32.2. The van der Waals surface area contributed by atoms with Gasteiger partial charge in [0.15, 0.2) is 0 Å². The number of imide groups is 1. The topological polar surface area (TPSA) is 50.3 Å². The molecule has 0 bridgehead atoms. The van der Waals surface area contributed by atoms with Gasteiger partial charge in [-0.3, -0.25) is 9.59 Å². The van der Waals surface area contributed by atoms with Gasteiger partial charge in [0.2, 0.25) is 11.8 Å². The lowest BCUT2D eigenvalue weighted by atomic mass is 10.4. The fourth-order valence-corrected chi connectivity index (χ4v) is 1.97. The van der Waals surface area contributed by atoms with Crippen LogP contribution in [0.5, 0.6) is 0 Å². The summed E-state index contributed by atoms with van der Waals surface area (Å²) in [6, 6.07) is 5.38. The van der Waals surface area contributed by atoms with Crippen molar-refractivity contribution in [2.24, 2.45) is 0 Å². The predicted octanol–water partition coefficient (Wildman–Crippen LogP) is 1.24. The lowest BCUT2D eigenvalue weighted by Crippen LogP contribution is -2.21. The molecular formula is C9H8N2O2S. The molecule has 1 aromatic heterocycles. The SMILES string of the molecule is O=C1CCC(=O)N1Sc1ccccn1. The summed E-state index contributed by atoms with van der Waals surface area (Å²) in [5.74, 6) is -0.267. The molecule has 0 aliphatic carbocycles. The van der Waals surface area contributed by atoms with Crippen LogP contribution < -0.4 is 0 Å². The average molecular weight is 208 g/mol. The molecule has 2 rings (SSSR count). The first-order chi connectivity index (χ1) is 6.77. The largest absolute Gasteiger partial charge is 0.273 e. The Kier molecular flexibility index (Phi) is 2.49. The number of aromatic nitrogens is 1. The van der Waals surface area contributed by atoms with E-state index in [0.29, 0.717) is 17.9 Å². The lowest BCUT2D eigenvalue weighted by Gasteiger charge is -2.10. The van der Waals surface area contributed by atoms with Crippen LogP contribution in [0, 0.1) is 0 Å². The lowest BCUT2D eigenvalue weighted by molar-refractivity contribution is -0.131. The third-order valence-corrected chi connectivity index (χ3v) is 2.85. The van der Waals surface area contributed by atoms with E-state index in [1.165, 1.54) is 4.31 Å². The van der Waals surface area contributed by atoms with Crippen molar-refractivity contribution in [3.63, 3.8) is 0 Å². The van der Waals surface area contributed by atoms with Crippen LogP contribution in [0.4, 0.5) is 0 Å². The van der Waals surface area contributed by atoms with Crippen molar-refractivity contribution >= 4 is 23.8 Å². The van der Waals surface area contributed by atoms with Crippen LogP contribution in [0.2, 0.25) is 0 Å². The molecule has 2 heterocycles. The molecule has 0 spiro atoms. The first-order valence-corrected chi connectivity index (χ1v) is 4.99. The predicted molar refractivity (Wildman–Crippen MR) is 51.2 cm³/mol. The molecule has 0 unspecified atom stereocenters. The van der Waals surface area contributed by atoms with Crippen molar-refractivity contribution in [3.8, 4) is 0 Å². The molecule has 0 aromatic carbocycles. The van der Waals surface area contributed by atoms with E-state index in [1.807, 2.05) is 6.07 Å². The van der Waals surface area contributed by atoms with E-state index in [-0.39, 0.29) is 11.8 Å². The van der Waals surface area contributed by atoms with Crippen LogP contribution in [-0.2, 0) is 9.59 Å². The maximum absolute atomic E-state index is 11.2. The van der Waals surface area contributed by atoms with E-state index in [1.54, 1.807) is 18.3 Å². The zero-order chi connectivity index (χ0) is 9.97. The van der Waals surface area contributed by atoms with Crippen molar-refractivity contribution in [2.45, 2.75) is 17.9 Å². The molecule has 0 radical (unpaired) electrons. The van der Waals surface area contributed by atoms with Crippen LogP contribution in [0.1, 0.15) is 12.8 Å². The fourth-order valence-electron chi connectivity index (χ4n) is 1.15. The number of rotatable bonds is 2. The summed E-state index contributed by atoms with van der Waals surface area (Å²) in [7, 11) is 0. The molecule has 4 nitrogen and oxygen atoms in total. The van der Waals surface area contributed by atoms with Gasteiger partial charge in [0.05, 0.1) is 0 Å². The van der Waals surface area contributed by atoms with Crippen molar-refractivity contribution in [2.75, 3.05) is 0 Å². The Morgan fingerprint density at radius 2 is 1.93 bits per heavy atom. The van der Waals surface area contributed by atoms with Gasteiger partial charge in [-0.15, -0.1) is 0 Å². The Hall–Kier alpha value is -1.36. The highest BCUT2D eigenvalue weighted by molar-refractivity contribution is 7.98. The number of carbonyl (C=O) groups is 2. The third kappa shape index (κ3) is 1.77. The molecule has 0 saturated carbocycles. The smallest absolute Gasteiger partial charge is 0.240 e. The standard InChI is InChI=1S/C9H8N2O2S/c12-8-4-5-9(13)11(8)14-7-3-1-2-6-10-7/h1-3,6H,4-5H2. The normalized spacial score (nSPS) is 16.4. The second-order valence-corrected chi connectivity index (χ2v) is 3.81. The zero-order valence-corrected chi connectivity index (χ0v) is 8.16. The van der Waals surface area contributed by atoms with E-state index in [4.69, 9.17) is 0 Å². The summed E-state index contributed by atoms with van der Waals surface area (Å²) in [6.45, 7) is 0. The second-order valence-electron chi connectivity index (χ2n) is 2.84. The minimum atomic E-state index is -0.134. The van der Waals surface area contributed by atoms with Crippen molar-refractivity contribution in [1.82, 2.24) is 9.29 Å². The fraction of sp³-hybridized carbons (Fsp3) is 0.222. The van der Waals surface area contributed by atoms with Crippen molar-refractivity contribution in [3.05, 3.63) is 24.4 Å². The molecule has 0 N–H and O–H groups in total. The molecule has 5 heteroatoms. The second kappa shape index (κ2) is 3.79. The van der Waals surface area contributed by atoms with E-state index in [0.717, 1.165) is 11.9 Å². The highest BCUT2D eigenvalue weighted by Crippen LogP contribution is 2.26. The van der Waals surface area contributed by atoms with Gasteiger partial charge in [-0.1, -0.05) is 6.07 Å². The number of nitrogens with zero attached hydrogens (tertiary/aromatic N) is 2. The van der Waals surface area contributed by atoms with E-state index < -0.39 is 0 Å². The first-order valence-electron chi connectivity index (χ1n) is 4.22. The first kappa shape index (κ1) is 9.21. The van der Waals surface area contributed by atoms with Crippen LogP contribution in [0.25, 0.3) is 0 Å². The highest BCUT2D eigenvalue weighted by Gasteiger charge is 2.30. The zero-order valence-electron chi connectivity index (χ0n) is 7.34. The molecule has 1 saturated heterocycles. The van der Waals surface area contributed by atoms with Gasteiger partial charge in [-0.05, 0) is 12.1 Å². The number of carbonyl (C=O) groups excluding carboxylic acids is 2. The Bertz CT molecular complexity index is 350. The van der Waals surface area contributed by atoms with Crippen LogP contribution in [0.3, 0.4) is 0 Å². The van der Waals surface area contributed by atoms with Gasteiger partial charge in [0, 0.05) is 31.0 Å². The summed E-state index contributed by atoms with van der Waals surface area (Å²) in [6.07, 6.45) is 2.27. The van der Waals surface area contributed by atoms with E-state index in [2.05, 4.69) is 4.98 Å². The van der Waals surface area contributed by atoms with Gasteiger partial charge < -0.3 is 0 Å². The molecule has 1 aliphatic rings.